The summed E-state index contributed by atoms with van der Waals surface area (Å²) in [5, 5.41) is 8.33. The van der Waals surface area contributed by atoms with Crippen LogP contribution < -0.4 is 16.0 Å². The van der Waals surface area contributed by atoms with Crippen LogP contribution in [0.3, 0.4) is 0 Å². The maximum atomic E-state index is 14.9. The number of carbonyl (C=O) groups is 2. The molecule has 0 atom stereocenters. The van der Waals surface area contributed by atoms with Crippen molar-refractivity contribution in [3.8, 4) is 0 Å². The summed E-state index contributed by atoms with van der Waals surface area (Å²) < 4.78 is 68.4. The molecule has 0 aliphatic heterocycles. The summed E-state index contributed by atoms with van der Waals surface area (Å²) in [4.78, 5) is 31.7. The van der Waals surface area contributed by atoms with Gasteiger partial charge in [0.05, 0.1) is 32.7 Å². The summed E-state index contributed by atoms with van der Waals surface area (Å²) in [6.45, 7) is 5.40. The Morgan fingerprint density at radius 1 is 1.10 bits per heavy atom. The van der Waals surface area contributed by atoms with Gasteiger partial charge in [0, 0.05) is 18.2 Å². The molecule has 0 unspecified atom stereocenters. The molecule has 14 heteroatoms. The van der Waals surface area contributed by atoms with E-state index in [1.54, 1.807) is 32.9 Å². The number of halogens is 7. The van der Waals surface area contributed by atoms with E-state index >= 15 is 0 Å². The van der Waals surface area contributed by atoms with Gasteiger partial charge in [0.1, 0.15) is 5.52 Å². The van der Waals surface area contributed by atoms with Crippen LogP contribution in [0.15, 0.2) is 30.0 Å². The maximum absolute atomic E-state index is 14.9. The van der Waals surface area contributed by atoms with Crippen molar-refractivity contribution in [1.29, 1.82) is 0 Å². The monoisotopic (exact) mass is 631 g/mol. The predicted octanol–water partition coefficient (Wildman–Crippen LogP) is 7.92. The number of fused-ring (bicyclic) bond motifs is 1. The quantitative estimate of drug-likeness (QED) is 0.208. The number of rotatable bonds is 6. The minimum Gasteiger partial charge on any atom is -0.352 e. The smallest absolute Gasteiger partial charge is 0.352 e. The lowest BCUT2D eigenvalue weighted by Crippen LogP contribution is -2.34. The average Bonchev–Trinajstić information content (AvgIpc) is 3.33. The van der Waals surface area contributed by atoms with Crippen LogP contribution in [0, 0.1) is 23.0 Å². The number of H-pyrrole nitrogens is 1. The number of allylic oxidation sites excluding steroid dienone is 1. The highest BCUT2D eigenvalue weighted by Crippen LogP contribution is 2.39. The molecule has 0 saturated heterocycles. The van der Waals surface area contributed by atoms with E-state index in [9.17, 15) is 31.5 Å². The van der Waals surface area contributed by atoms with Gasteiger partial charge in [0.25, 0.3) is 5.91 Å². The summed E-state index contributed by atoms with van der Waals surface area (Å²) in [6, 6.07) is 4.25. The molecule has 2 amide bonds. The molecule has 42 heavy (non-hydrogen) atoms. The Balaban J connectivity index is 1.52. The Kier molecular flexibility index (Phi) is 9.08. The number of amides is 2. The van der Waals surface area contributed by atoms with Crippen LogP contribution >= 0.6 is 23.2 Å². The average molecular weight is 632 g/mol. The number of nitrogens with one attached hydrogen (secondary N) is 4. The van der Waals surface area contributed by atoms with Crippen molar-refractivity contribution >= 4 is 57.7 Å². The fraction of sp³-hybridized carbons (Fsp3) is 0.393. The van der Waals surface area contributed by atoms with E-state index < -0.39 is 46.1 Å². The van der Waals surface area contributed by atoms with Gasteiger partial charge in [-0.05, 0) is 43.4 Å². The number of imidazole rings is 1. The SMILES string of the molecule is CC(C)(C)C(=O)NCc1ccc(Cl)c(Nc2nc3c(F)c(F)c(C(=O)NC=C4CCC(C(F)(F)F)CC4)cc3[nH]2)c1Cl. The van der Waals surface area contributed by atoms with Gasteiger partial charge < -0.3 is 20.9 Å². The lowest BCUT2D eigenvalue weighted by atomic mass is 9.86. The lowest BCUT2D eigenvalue weighted by Gasteiger charge is -2.25. The van der Waals surface area contributed by atoms with Crippen LogP contribution in [0.25, 0.3) is 11.0 Å². The van der Waals surface area contributed by atoms with Crippen LogP contribution in [0.1, 0.15) is 62.4 Å². The van der Waals surface area contributed by atoms with E-state index in [-0.39, 0.29) is 65.3 Å². The summed E-state index contributed by atoms with van der Waals surface area (Å²) in [7, 11) is 0. The van der Waals surface area contributed by atoms with Crippen molar-refractivity contribution in [3.63, 3.8) is 0 Å². The van der Waals surface area contributed by atoms with Crippen LogP contribution in [-0.2, 0) is 11.3 Å². The van der Waals surface area contributed by atoms with Crippen LogP contribution in [-0.4, -0.2) is 28.0 Å². The molecule has 1 heterocycles. The summed E-state index contributed by atoms with van der Waals surface area (Å²) in [5.41, 5.74) is -0.329. The number of nitrogens with zero attached hydrogens (tertiary/aromatic N) is 1. The zero-order valence-electron chi connectivity index (χ0n) is 22.8. The number of carbonyl (C=O) groups excluding carboxylic acids is 2. The van der Waals surface area contributed by atoms with Gasteiger partial charge in [-0.2, -0.15) is 13.2 Å². The number of hydrogen-bond donors (Lipinski definition) is 4. The van der Waals surface area contributed by atoms with Crippen LogP contribution in [0.5, 0.6) is 0 Å². The third-order valence-corrected chi connectivity index (χ3v) is 7.68. The first kappa shape index (κ1) is 31.6. The highest BCUT2D eigenvalue weighted by Gasteiger charge is 2.40. The first-order valence-corrected chi connectivity index (χ1v) is 13.8. The second-order valence-corrected chi connectivity index (χ2v) is 11.9. The molecule has 1 aliphatic rings. The molecular formula is C28H28Cl2F5N5O2. The van der Waals surface area contributed by atoms with E-state index in [0.717, 1.165) is 6.07 Å². The molecule has 7 nitrogen and oxygen atoms in total. The number of benzene rings is 2. The highest BCUT2D eigenvalue weighted by molar-refractivity contribution is 6.39. The van der Waals surface area contributed by atoms with Crippen LogP contribution in [0.2, 0.25) is 10.0 Å². The normalized spacial score (nSPS) is 16.0. The van der Waals surface area contributed by atoms with Crippen LogP contribution in [0.4, 0.5) is 33.6 Å². The van der Waals surface area contributed by atoms with E-state index in [4.69, 9.17) is 23.2 Å². The molecule has 4 rings (SSSR count). The standard InChI is InChI=1S/C28H28Cl2F5N5O2/c1-27(2,3)25(42)37-12-14-6-9-17(29)22(19(14)30)39-26-38-18-10-16(20(31)21(32)23(18)40-26)24(41)36-11-13-4-7-15(8-5-13)28(33,34)35/h6,9-11,15H,4-5,7-8,12H2,1-3H3,(H,36,41)(H,37,42)(H2,38,39,40). The predicted molar refractivity (Wildman–Crippen MR) is 151 cm³/mol. The first-order valence-electron chi connectivity index (χ1n) is 13.0. The van der Waals surface area contributed by atoms with Crippen molar-refractivity contribution in [3.05, 3.63) is 62.8 Å². The van der Waals surface area contributed by atoms with Crippen molar-refractivity contribution in [1.82, 2.24) is 20.6 Å². The van der Waals surface area contributed by atoms with Gasteiger partial charge in [0.15, 0.2) is 11.6 Å². The minimum atomic E-state index is -4.27. The summed E-state index contributed by atoms with van der Waals surface area (Å²) >= 11 is 12.8. The number of alkyl halides is 3. The van der Waals surface area contributed by atoms with Gasteiger partial charge in [-0.25, -0.2) is 13.8 Å². The van der Waals surface area contributed by atoms with Gasteiger partial charge in [-0.3, -0.25) is 9.59 Å². The summed E-state index contributed by atoms with van der Waals surface area (Å²) in [5.74, 6) is -5.43. The van der Waals surface area contributed by atoms with Crippen molar-refractivity contribution < 1.29 is 31.5 Å². The molecule has 1 fully saturated rings. The zero-order valence-corrected chi connectivity index (χ0v) is 24.3. The number of aromatic amines is 1. The molecule has 2 aromatic carbocycles. The second kappa shape index (κ2) is 12.1. The Labute approximate surface area is 248 Å². The first-order chi connectivity index (χ1) is 19.6. The molecule has 1 saturated carbocycles. The van der Waals surface area contributed by atoms with Crippen molar-refractivity contribution in [2.24, 2.45) is 11.3 Å². The van der Waals surface area contributed by atoms with E-state index in [2.05, 4.69) is 25.9 Å². The van der Waals surface area contributed by atoms with Crippen molar-refractivity contribution in [2.75, 3.05) is 5.32 Å². The molecule has 0 radical (unpaired) electrons. The molecule has 3 aromatic rings. The van der Waals surface area contributed by atoms with E-state index in [0.29, 0.717) is 11.1 Å². The van der Waals surface area contributed by atoms with E-state index in [1.165, 1.54) is 6.20 Å². The maximum Gasteiger partial charge on any atom is 0.391 e. The fourth-order valence-electron chi connectivity index (χ4n) is 4.42. The van der Waals surface area contributed by atoms with Gasteiger partial charge in [-0.1, -0.05) is 55.6 Å². The molecular weight excluding hydrogens is 604 g/mol. The Hall–Kier alpha value is -3.38. The molecule has 1 aliphatic carbocycles. The number of anilines is 2. The highest BCUT2D eigenvalue weighted by atomic mass is 35.5. The Morgan fingerprint density at radius 3 is 2.38 bits per heavy atom. The Bertz CT molecular complexity index is 1550. The van der Waals surface area contributed by atoms with Gasteiger partial charge >= 0.3 is 6.18 Å². The van der Waals surface area contributed by atoms with Gasteiger partial charge in [-0.15, -0.1) is 0 Å². The fourth-order valence-corrected chi connectivity index (χ4v) is 4.96. The zero-order chi connectivity index (χ0) is 31.0. The molecule has 1 aromatic heterocycles. The molecule has 4 N–H and O–H groups in total. The molecule has 0 bridgehead atoms. The molecule has 0 spiro atoms. The molecule has 226 valence electrons. The topological polar surface area (TPSA) is 98.9 Å². The van der Waals surface area contributed by atoms with E-state index in [1.807, 2.05) is 0 Å². The minimum absolute atomic E-state index is 0.0132. The lowest BCUT2D eigenvalue weighted by molar-refractivity contribution is -0.179. The third kappa shape index (κ3) is 6.97. The second-order valence-electron chi connectivity index (χ2n) is 11.1. The third-order valence-electron chi connectivity index (χ3n) is 6.94. The number of hydrogen-bond acceptors (Lipinski definition) is 4. The summed E-state index contributed by atoms with van der Waals surface area (Å²) in [6.07, 6.45) is -2.97. The largest absolute Gasteiger partial charge is 0.391 e. The van der Waals surface area contributed by atoms with Crippen molar-refractivity contribution in [2.45, 2.75) is 59.2 Å². The van der Waals surface area contributed by atoms with Gasteiger partial charge in [0.2, 0.25) is 11.9 Å². The number of aromatic nitrogens is 2. The Morgan fingerprint density at radius 2 is 1.76 bits per heavy atom.